The van der Waals surface area contributed by atoms with E-state index in [1.165, 1.54) is 0 Å². The van der Waals surface area contributed by atoms with Crippen LogP contribution in [0.3, 0.4) is 0 Å². The molecule has 4 heteroatoms. The number of aliphatic hydroxyl groups is 1. The first kappa shape index (κ1) is 12.9. The van der Waals surface area contributed by atoms with Gasteiger partial charge in [-0.3, -0.25) is 4.79 Å². The lowest BCUT2D eigenvalue weighted by molar-refractivity contribution is -0.135. The highest BCUT2D eigenvalue weighted by atomic mass is 16.5. The molecule has 4 nitrogen and oxygen atoms in total. The summed E-state index contributed by atoms with van der Waals surface area (Å²) in [5.41, 5.74) is 0. The number of likely N-dealkylation sites (tertiary alicyclic amines) is 1. The maximum absolute atomic E-state index is 12.0. The number of carbonyl (C=O) groups is 1. The molecule has 2 unspecified atom stereocenters. The van der Waals surface area contributed by atoms with Gasteiger partial charge < -0.3 is 14.7 Å². The van der Waals surface area contributed by atoms with Gasteiger partial charge in [-0.2, -0.15) is 0 Å². The minimum Gasteiger partial charge on any atom is -0.484 e. The molecule has 1 aliphatic rings. The molecule has 1 saturated heterocycles. The van der Waals surface area contributed by atoms with Gasteiger partial charge in [-0.05, 0) is 24.5 Å². The number of amides is 1. The number of hydrogen-bond donors (Lipinski definition) is 1. The van der Waals surface area contributed by atoms with E-state index in [1.54, 1.807) is 4.90 Å². The van der Waals surface area contributed by atoms with E-state index >= 15 is 0 Å². The first-order chi connectivity index (χ1) is 8.72. The summed E-state index contributed by atoms with van der Waals surface area (Å²) in [4.78, 5) is 13.8. The van der Waals surface area contributed by atoms with Gasteiger partial charge in [-0.25, -0.2) is 0 Å². The summed E-state index contributed by atoms with van der Waals surface area (Å²) in [5.74, 6) is 0.997. The van der Waals surface area contributed by atoms with Crippen molar-refractivity contribution in [3.05, 3.63) is 30.3 Å². The van der Waals surface area contributed by atoms with Crippen molar-refractivity contribution in [2.45, 2.75) is 19.4 Å². The lowest BCUT2D eigenvalue weighted by Crippen LogP contribution is -2.42. The van der Waals surface area contributed by atoms with Crippen LogP contribution in [0, 0.1) is 5.92 Å². The quantitative estimate of drug-likeness (QED) is 0.875. The second-order valence-corrected chi connectivity index (χ2v) is 4.70. The Morgan fingerprint density at radius 2 is 2.17 bits per heavy atom. The van der Waals surface area contributed by atoms with Crippen LogP contribution in [0.25, 0.3) is 0 Å². The normalized spacial score (nSPS) is 23.1. The highest BCUT2D eigenvalue weighted by molar-refractivity contribution is 5.78. The van der Waals surface area contributed by atoms with E-state index < -0.39 is 0 Å². The molecule has 0 aliphatic carbocycles. The molecule has 1 amide bonds. The molecule has 0 radical (unpaired) electrons. The van der Waals surface area contributed by atoms with Gasteiger partial charge in [0.2, 0.25) is 0 Å². The molecule has 18 heavy (non-hydrogen) atoms. The number of aliphatic hydroxyl groups excluding tert-OH is 1. The summed E-state index contributed by atoms with van der Waals surface area (Å²) >= 11 is 0. The van der Waals surface area contributed by atoms with E-state index in [2.05, 4.69) is 6.92 Å². The van der Waals surface area contributed by atoms with Crippen LogP contribution in [0.4, 0.5) is 0 Å². The van der Waals surface area contributed by atoms with Crippen molar-refractivity contribution in [3.63, 3.8) is 0 Å². The third-order valence-electron chi connectivity index (χ3n) is 3.50. The molecule has 0 spiro atoms. The molecule has 1 fully saturated rings. The second-order valence-electron chi connectivity index (χ2n) is 4.70. The Labute approximate surface area is 107 Å². The molecule has 2 rings (SSSR count). The Hall–Kier alpha value is -1.55. The number of rotatable bonds is 4. The second kappa shape index (κ2) is 5.87. The molecule has 0 aromatic heterocycles. The van der Waals surface area contributed by atoms with Crippen molar-refractivity contribution in [2.75, 3.05) is 19.8 Å². The summed E-state index contributed by atoms with van der Waals surface area (Å²) in [6, 6.07) is 9.23. The first-order valence-electron chi connectivity index (χ1n) is 6.30. The summed E-state index contributed by atoms with van der Waals surface area (Å²) in [5, 5.41) is 9.31. The molecule has 0 bridgehead atoms. The zero-order valence-electron chi connectivity index (χ0n) is 10.6. The van der Waals surface area contributed by atoms with Crippen molar-refractivity contribution >= 4 is 5.91 Å². The fraction of sp³-hybridized carbons (Fsp3) is 0.500. The number of nitrogens with zero attached hydrogens (tertiary/aromatic N) is 1. The van der Waals surface area contributed by atoms with Crippen molar-refractivity contribution < 1.29 is 14.6 Å². The predicted octanol–water partition coefficient (Wildman–Crippen LogP) is 1.29. The topological polar surface area (TPSA) is 49.8 Å². The molecule has 1 aromatic rings. The van der Waals surface area contributed by atoms with Crippen LogP contribution in [0.5, 0.6) is 5.75 Å². The molecule has 1 heterocycles. The monoisotopic (exact) mass is 249 g/mol. The van der Waals surface area contributed by atoms with Crippen LogP contribution in [-0.4, -0.2) is 41.7 Å². The number of ether oxygens (including phenoxy) is 1. The van der Waals surface area contributed by atoms with Gasteiger partial charge in [0.15, 0.2) is 6.61 Å². The Balaban J connectivity index is 1.88. The molecule has 1 N–H and O–H groups in total. The van der Waals surface area contributed by atoms with Crippen LogP contribution in [0.2, 0.25) is 0 Å². The Morgan fingerprint density at radius 3 is 2.83 bits per heavy atom. The summed E-state index contributed by atoms with van der Waals surface area (Å²) < 4.78 is 5.44. The van der Waals surface area contributed by atoms with Crippen LogP contribution >= 0.6 is 0 Å². The van der Waals surface area contributed by atoms with Crippen molar-refractivity contribution in [1.29, 1.82) is 0 Å². The third-order valence-corrected chi connectivity index (χ3v) is 3.50. The summed E-state index contributed by atoms with van der Waals surface area (Å²) in [6.45, 7) is 2.83. The summed E-state index contributed by atoms with van der Waals surface area (Å²) in [7, 11) is 0. The van der Waals surface area contributed by atoms with E-state index in [9.17, 15) is 9.90 Å². The fourth-order valence-corrected chi connectivity index (χ4v) is 2.34. The van der Waals surface area contributed by atoms with Crippen LogP contribution in [-0.2, 0) is 4.79 Å². The SMILES string of the molecule is CC1CCN(C(=O)COc2ccccc2)C1CO. The zero-order chi connectivity index (χ0) is 13.0. The van der Waals surface area contributed by atoms with Gasteiger partial charge in [0, 0.05) is 6.54 Å². The van der Waals surface area contributed by atoms with Crippen LogP contribution in [0.15, 0.2) is 30.3 Å². The zero-order valence-corrected chi connectivity index (χ0v) is 10.6. The first-order valence-corrected chi connectivity index (χ1v) is 6.30. The fourth-order valence-electron chi connectivity index (χ4n) is 2.34. The number of hydrogen-bond acceptors (Lipinski definition) is 3. The molecular weight excluding hydrogens is 230 g/mol. The van der Waals surface area contributed by atoms with Gasteiger partial charge in [-0.1, -0.05) is 25.1 Å². The van der Waals surface area contributed by atoms with E-state index in [0.29, 0.717) is 18.2 Å². The van der Waals surface area contributed by atoms with Gasteiger partial charge in [-0.15, -0.1) is 0 Å². The highest BCUT2D eigenvalue weighted by Gasteiger charge is 2.33. The smallest absolute Gasteiger partial charge is 0.260 e. The largest absolute Gasteiger partial charge is 0.484 e. The molecule has 1 aromatic carbocycles. The molecule has 1 aliphatic heterocycles. The standard InChI is InChI=1S/C14H19NO3/c1-11-7-8-15(13(11)9-16)14(17)10-18-12-5-3-2-4-6-12/h2-6,11,13,16H,7-10H2,1H3. The van der Waals surface area contributed by atoms with Crippen molar-refractivity contribution in [3.8, 4) is 5.75 Å². The summed E-state index contributed by atoms with van der Waals surface area (Å²) in [6.07, 6.45) is 0.947. The maximum atomic E-state index is 12.0. The molecule has 2 atom stereocenters. The third kappa shape index (κ3) is 2.82. The van der Waals surface area contributed by atoms with Gasteiger partial charge in [0.05, 0.1) is 12.6 Å². The molecule has 0 saturated carbocycles. The van der Waals surface area contributed by atoms with E-state index in [4.69, 9.17) is 4.74 Å². The average Bonchev–Trinajstić information content (AvgIpc) is 2.78. The maximum Gasteiger partial charge on any atom is 0.260 e. The van der Waals surface area contributed by atoms with E-state index in [1.807, 2.05) is 30.3 Å². The van der Waals surface area contributed by atoms with Gasteiger partial charge >= 0.3 is 0 Å². The predicted molar refractivity (Wildman–Crippen MR) is 68.3 cm³/mol. The number of para-hydroxylation sites is 1. The van der Waals surface area contributed by atoms with Crippen molar-refractivity contribution in [1.82, 2.24) is 4.90 Å². The Morgan fingerprint density at radius 1 is 1.44 bits per heavy atom. The highest BCUT2D eigenvalue weighted by Crippen LogP contribution is 2.23. The number of benzene rings is 1. The minimum absolute atomic E-state index is 0.0260. The van der Waals surface area contributed by atoms with Crippen LogP contribution in [0.1, 0.15) is 13.3 Å². The lowest BCUT2D eigenvalue weighted by Gasteiger charge is -2.25. The lowest BCUT2D eigenvalue weighted by atomic mass is 10.0. The van der Waals surface area contributed by atoms with Crippen molar-refractivity contribution in [2.24, 2.45) is 5.92 Å². The van der Waals surface area contributed by atoms with E-state index in [-0.39, 0.29) is 25.2 Å². The minimum atomic E-state index is -0.0585. The Bertz CT molecular complexity index is 393. The van der Waals surface area contributed by atoms with Crippen LogP contribution < -0.4 is 4.74 Å². The number of carbonyl (C=O) groups excluding carboxylic acids is 1. The van der Waals surface area contributed by atoms with Gasteiger partial charge in [0.1, 0.15) is 5.75 Å². The van der Waals surface area contributed by atoms with E-state index in [0.717, 1.165) is 6.42 Å². The average molecular weight is 249 g/mol. The molecule has 98 valence electrons. The Kier molecular flexibility index (Phi) is 4.20. The van der Waals surface area contributed by atoms with Gasteiger partial charge in [0.25, 0.3) is 5.91 Å². The molecular formula is C14H19NO3.